The second-order valence-electron chi connectivity index (χ2n) is 4.48. The number of halogens is 1. The Balaban J connectivity index is 0.00000144. The van der Waals surface area contributed by atoms with Crippen molar-refractivity contribution in [3.05, 3.63) is 0 Å². The van der Waals surface area contributed by atoms with Crippen LogP contribution in [-0.2, 0) is 4.79 Å². The first-order chi connectivity index (χ1) is 5.45. The lowest BCUT2D eigenvalue weighted by Crippen LogP contribution is -2.42. The first-order valence-electron chi connectivity index (χ1n) is 4.45. The van der Waals surface area contributed by atoms with Crippen LogP contribution in [0.3, 0.4) is 0 Å². The third-order valence-electron chi connectivity index (χ3n) is 2.35. The van der Waals surface area contributed by atoms with Gasteiger partial charge in [0.05, 0.1) is 0 Å². The number of likely N-dealkylation sites (tertiary alicyclic amines) is 1. The first-order valence-corrected chi connectivity index (χ1v) is 4.45. The van der Waals surface area contributed by atoms with Crippen molar-refractivity contribution in [2.24, 2.45) is 11.7 Å². The van der Waals surface area contributed by atoms with Crippen molar-refractivity contribution >= 4 is 18.3 Å². The van der Waals surface area contributed by atoms with Gasteiger partial charge in [0.25, 0.3) is 0 Å². The first kappa shape index (κ1) is 12.7. The standard InChI is InChI=1S/C9H18N2O.ClH/c1-9(2,3)11-6-7(5-10)4-8(11)12;/h7H,4-6,10H2,1-3H3;1H. The summed E-state index contributed by atoms with van der Waals surface area (Å²) in [6.45, 7) is 7.63. The van der Waals surface area contributed by atoms with Crippen molar-refractivity contribution in [2.45, 2.75) is 32.7 Å². The van der Waals surface area contributed by atoms with E-state index in [0.29, 0.717) is 18.9 Å². The summed E-state index contributed by atoms with van der Waals surface area (Å²) in [5.41, 5.74) is 5.48. The number of nitrogens with two attached hydrogens (primary N) is 1. The predicted octanol–water partition coefficient (Wildman–Crippen LogP) is 1.01. The lowest BCUT2D eigenvalue weighted by Gasteiger charge is -2.32. The topological polar surface area (TPSA) is 46.3 Å². The fourth-order valence-electron chi connectivity index (χ4n) is 1.59. The van der Waals surface area contributed by atoms with Crippen molar-refractivity contribution in [1.29, 1.82) is 0 Å². The van der Waals surface area contributed by atoms with Gasteiger partial charge < -0.3 is 10.6 Å². The molecule has 0 spiro atoms. The van der Waals surface area contributed by atoms with Crippen LogP contribution in [0, 0.1) is 5.92 Å². The van der Waals surface area contributed by atoms with Crippen LogP contribution >= 0.6 is 12.4 Å². The lowest BCUT2D eigenvalue weighted by atomic mass is 10.1. The van der Waals surface area contributed by atoms with E-state index >= 15 is 0 Å². The van der Waals surface area contributed by atoms with E-state index in [1.165, 1.54) is 0 Å². The van der Waals surface area contributed by atoms with Crippen LogP contribution in [0.5, 0.6) is 0 Å². The van der Waals surface area contributed by atoms with Gasteiger partial charge in [-0.05, 0) is 33.2 Å². The average molecular weight is 207 g/mol. The number of hydrogen-bond donors (Lipinski definition) is 1. The van der Waals surface area contributed by atoms with Crippen molar-refractivity contribution in [3.8, 4) is 0 Å². The summed E-state index contributed by atoms with van der Waals surface area (Å²) in [5, 5.41) is 0. The molecule has 1 unspecified atom stereocenters. The molecule has 1 fully saturated rings. The monoisotopic (exact) mass is 206 g/mol. The van der Waals surface area contributed by atoms with Gasteiger partial charge in [-0.15, -0.1) is 12.4 Å². The van der Waals surface area contributed by atoms with Crippen LogP contribution in [0.15, 0.2) is 0 Å². The van der Waals surface area contributed by atoms with Crippen LogP contribution in [0.4, 0.5) is 0 Å². The fourth-order valence-corrected chi connectivity index (χ4v) is 1.59. The number of carbonyl (C=O) groups is 1. The molecule has 1 heterocycles. The quantitative estimate of drug-likeness (QED) is 0.696. The number of nitrogens with zero attached hydrogens (tertiary/aromatic N) is 1. The Hall–Kier alpha value is -0.280. The normalized spacial score (nSPS) is 23.2. The van der Waals surface area contributed by atoms with Gasteiger partial charge in [-0.3, -0.25) is 4.79 Å². The summed E-state index contributed by atoms with van der Waals surface area (Å²) in [6.07, 6.45) is 0.633. The highest BCUT2D eigenvalue weighted by Gasteiger charge is 2.35. The maximum Gasteiger partial charge on any atom is 0.223 e. The SMILES string of the molecule is CC(C)(C)N1CC(CN)CC1=O.Cl. The Labute approximate surface area is 86.1 Å². The average Bonchev–Trinajstić information content (AvgIpc) is 2.29. The van der Waals surface area contributed by atoms with E-state index in [9.17, 15) is 4.79 Å². The molecule has 0 saturated carbocycles. The second kappa shape index (κ2) is 4.29. The Morgan fingerprint density at radius 3 is 2.31 bits per heavy atom. The molecule has 3 nitrogen and oxygen atoms in total. The minimum Gasteiger partial charge on any atom is -0.338 e. The predicted molar refractivity (Wildman–Crippen MR) is 55.9 cm³/mol. The zero-order valence-electron chi connectivity index (χ0n) is 8.54. The van der Waals surface area contributed by atoms with E-state index in [2.05, 4.69) is 20.8 Å². The van der Waals surface area contributed by atoms with Gasteiger partial charge in [0.2, 0.25) is 5.91 Å². The third kappa shape index (κ3) is 2.85. The summed E-state index contributed by atoms with van der Waals surface area (Å²) in [4.78, 5) is 13.4. The maximum atomic E-state index is 11.5. The van der Waals surface area contributed by atoms with Gasteiger partial charge in [0, 0.05) is 18.5 Å². The number of carbonyl (C=O) groups excluding carboxylic acids is 1. The van der Waals surface area contributed by atoms with E-state index in [0.717, 1.165) is 6.54 Å². The van der Waals surface area contributed by atoms with Gasteiger partial charge in [-0.1, -0.05) is 0 Å². The summed E-state index contributed by atoms with van der Waals surface area (Å²) >= 11 is 0. The van der Waals surface area contributed by atoms with Crippen LogP contribution in [-0.4, -0.2) is 29.4 Å². The molecule has 0 aromatic heterocycles. The molecule has 2 N–H and O–H groups in total. The Kier molecular flexibility index (Phi) is 4.20. The van der Waals surface area contributed by atoms with Gasteiger partial charge >= 0.3 is 0 Å². The Morgan fingerprint density at radius 2 is 2.08 bits per heavy atom. The van der Waals surface area contributed by atoms with Crippen LogP contribution in [0.1, 0.15) is 27.2 Å². The molecule has 1 aliphatic heterocycles. The Morgan fingerprint density at radius 1 is 1.54 bits per heavy atom. The van der Waals surface area contributed by atoms with E-state index in [1.54, 1.807) is 0 Å². The molecule has 0 aromatic rings. The molecule has 1 atom stereocenters. The van der Waals surface area contributed by atoms with E-state index in [4.69, 9.17) is 5.73 Å². The molecule has 1 aliphatic rings. The molecule has 0 aromatic carbocycles. The lowest BCUT2D eigenvalue weighted by molar-refractivity contribution is -0.131. The minimum atomic E-state index is -0.0407. The Bertz CT molecular complexity index is 189. The highest BCUT2D eigenvalue weighted by molar-refractivity contribution is 5.85. The minimum absolute atomic E-state index is 0. The largest absolute Gasteiger partial charge is 0.338 e. The molecular weight excluding hydrogens is 188 g/mol. The van der Waals surface area contributed by atoms with Gasteiger partial charge in [-0.2, -0.15) is 0 Å². The highest BCUT2D eigenvalue weighted by Crippen LogP contribution is 2.24. The van der Waals surface area contributed by atoms with Crippen molar-refractivity contribution in [3.63, 3.8) is 0 Å². The summed E-state index contributed by atoms with van der Waals surface area (Å²) in [5.74, 6) is 0.620. The van der Waals surface area contributed by atoms with Crippen molar-refractivity contribution in [1.82, 2.24) is 4.90 Å². The molecule has 13 heavy (non-hydrogen) atoms. The van der Waals surface area contributed by atoms with Gasteiger partial charge in [-0.25, -0.2) is 0 Å². The van der Waals surface area contributed by atoms with Crippen molar-refractivity contribution < 1.29 is 4.79 Å². The zero-order valence-corrected chi connectivity index (χ0v) is 9.36. The number of rotatable bonds is 1. The maximum absolute atomic E-state index is 11.5. The zero-order chi connectivity index (χ0) is 9.35. The van der Waals surface area contributed by atoms with E-state index < -0.39 is 0 Å². The summed E-state index contributed by atoms with van der Waals surface area (Å²) in [6, 6.07) is 0. The second-order valence-corrected chi connectivity index (χ2v) is 4.48. The molecule has 1 saturated heterocycles. The smallest absolute Gasteiger partial charge is 0.223 e. The molecule has 78 valence electrons. The summed E-state index contributed by atoms with van der Waals surface area (Å²) < 4.78 is 0. The number of hydrogen-bond acceptors (Lipinski definition) is 2. The van der Waals surface area contributed by atoms with Gasteiger partial charge in [0.1, 0.15) is 0 Å². The third-order valence-corrected chi connectivity index (χ3v) is 2.35. The molecule has 0 radical (unpaired) electrons. The summed E-state index contributed by atoms with van der Waals surface area (Å²) in [7, 11) is 0. The molecule has 1 rings (SSSR count). The van der Waals surface area contributed by atoms with Crippen LogP contribution in [0.2, 0.25) is 0 Å². The molecule has 0 aliphatic carbocycles. The molecule has 1 amide bonds. The molecular formula is C9H19ClN2O. The highest BCUT2D eigenvalue weighted by atomic mass is 35.5. The molecule has 4 heteroatoms. The van der Waals surface area contributed by atoms with E-state index in [-0.39, 0.29) is 23.9 Å². The van der Waals surface area contributed by atoms with E-state index in [1.807, 2.05) is 4.90 Å². The van der Waals surface area contributed by atoms with Crippen LogP contribution in [0.25, 0.3) is 0 Å². The van der Waals surface area contributed by atoms with Crippen molar-refractivity contribution in [2.75, 3.05) is 13.1 Å². The van der Waals surface area contributed by atoms with Crippen LogP contribution < -0.4 is 5.73 Å². The number of amides is 1. The molecule has 0 bridgehead atoms. The van der Waals surface area contributed by atoms with Gasteiger partial charge in [0.15, 0.2) is 0 Å². The fraction of sp³-hybridized carbons (Fsp3) is 0.889.